The average molecular weight is 680 g/mol. The first-order chi connectivity index (χ1) is 23.6. The van der Waals surface area contributed by atoms with Gasteiger partial charge in [-0.3, -0.25) is 0 Å². The smallest absolute Gasteiger partial charge is 0.0900 e. The van der Waals surface area contributed by atoms with Crippen molar-refractivity contribution in [3.63, 3.8) is 0 Å². The van der Waals surface area contributed by atoms with Crippen LogP contribution in [-0.4, -0.2) is 73.9 Å². The normalized spacial score (nSPS) is 13.5. The molecule has 0 aliphatic rings. The summed E-state index contributed by atoms with van der Waals surface area (Å²) in [6, 6.07) is 0. The van der Waals surface area contributed by atoms with Gasteiger partial charge in [0.25, 0.3) is 0 Å². The van der Waals surface area contributed by atoms with E-state index in [1.54, 1.807) is 0 Å². The number of nitrogens with zero attached hydrogens (tertiary/aromatic N) is 1. The molecule has 0 saturated carbocycles. The molecular formula is C43H85NO4. The molecule has 0 heterocycles. The van der Waals surface area contributed by atoms with Crippen molar-refractivity contribution in [2.75, 3.05) is 46.6 Å². The maximum Gasteiger partial charge on any atom is 0.0900 e. The van der Waals surface area contributed by atoms with E-state index in [9.17, 15) is 10.2 Å². The molecule has 0 aromatic carbocycles. The van der Waals surface area contributed by atoms with Crippen molar-refractivity contribution in [1.82, 2.24) is 4.90 Å². The molecule has 0 aliphatic heterocycles. The molecule has 0 saturated heterocycles. The van der Waals surface area contributed by atoms with Gasteiger partial charge >= 0.3 is 0 Å². The molecule has 5 nitrogen and oxygen atoms in total. The van der Waals surface area contributed by atoms with Gasteiger partial charge in [0.1, 0.15) is 0 Å². The topological polar surface area (TPSA) is 62.2 Å². The predicted octanol–water partition coefficient (Wildman–Crippen LogP) is 11.7. The third kappa shape index (κ3) is 39.7. The highest BCUT2D eigenvalue weighted by Gasteiger charge is 2.13. The number of likely N-dealkylation sites (N-methyl/N-ethyl adjacent to an activating group) is 1. The lowest BCUT2D eigenvalue weighted by molar-refractivity contribution is -0.00485. The highest BCUT2D eigenvalue weighted by molar-refractivity contribution is 4.82. The van der Waals surface area contributed by atoms with Gasteiger partial charge in [-0.1, -0.05) is 154 Å². The average Bonchev–Trinajstić information content (AvgIpc) is 3.07. The van der Waals surface area contributed by atoms with Gasteiger partial charge in [-0.05, 0) is 71.3 Å². The molecular weight excluding hydrogens is 594 g/mol. The Morgan fingerprint density at radius 3 is 1.00 bits per heavy atom. The largest absolute Gasteiger partial charge is 0.389 e. The lowest BCUT2D eigenvalue weighted by Crippen LogP contribution is -2.38. The SMILES string of the molecule is CCCCCCCCC=CCCCCCCCCOCC(O)CN(C)CC(O)COCCCCCCCCC=CCCCCCCCC. The fourth-order valence-corrected chi connectivity index (χ4v) is 6.24. The van der Waals surface area contributed by atoms with Crippen LogP contribution in [-0.2, 0) is 9.47 Å². The number of allylic oxidation sites excluding steroid dienone is 4. The first-order valence-electron chi connectivity index (χ1n) is 21.1. The highest BCUT2D eigenvalue weighted by atomic mass is 16.5. The van der Waals surface area contributed by atoms with Crippen LogP contribution in [0.1, 0.15) is 194 Å². The third-order valence-corrected chi connectivity index (χ3v) is 9.27. The number of hydrogen-bond acceptors (Lipinski definition) is 5. The molecule has 0 spiro atoms. The van der Waals surface area contributed by atoms with E-state index in [1.807, 2.05) is 11.9 Å². The van der Waals surface area contributed by atoms with Gasteiger partial charge in [0.2, 0.25) is 0 Å². The van der Waals surface area contributed by atoms with E-state index in [0.29, 0.717) is 26.3 Å². The number of ether oxygens (including phenoxy) is 2. The summed E-state index contributed by atoms with van der Waals surface area (Å²) in [5.74, 6) is 0. The Balaban J connectivity index is 3.42. The minimum absolute atomic E-state index is 0.359. The van der Waals surface area contributed by atoms with Crippen molar-refractivity contribution in [3.8, 4) is 0 Å². The molecule has 0 amide bonds. The highest BCUT2D eigenvalue weighted by Crippen LogP contribution is 2.12. The van der Waals surface area contributed by atoms with E-state index in [2.05, 4.69) is 38.2 Å². The first-order valence-corrected chi connectivity index (χ1v) is 21.1. The molecule has 0 aromatic rings. The van der Waals surface area contributed by atoms with Gasteiger partial charge < -0.3 is 24.6 Å². The minimum atomic E-state index is -0.529. The summed E-state index contributed by atoms with van der Waals surface area (Å²) in [6.45, 7) is 7.70. The molecule has 2 N–H and O–H groups in total. The van der Waals surface area contributed by atoms with Crippen LogP contribution in [0.25, 0.3) is 0 Å². The zero-order valence-electron chi connectivity index (χ0n) is 32.7. The molecule has 2 unspecified atom stereocenters. The van der Waals surface area contributed by atoms with Crippen molar-refractivity contribution in [2.45, 2.75) is 206 Å². The zero-order valence-corrected chi connectivity index (χ0v) is 32.7. The van der Waals surface area contributed by atoms with E-state index in [0.717, 1.165) is 26.1 Å². The summed E-state index contributed by atoms with van der Waals surface area (Å²) < 4.78 is 11.4. The second kappa shape index (κ2) is 40.7. The Morgan fingerprint density at radius 1 is 0.417 bits per heavy atom. The summed E-state index contributed by atoms with van der Waals surface area (Å²) in [7, 11) is 1.93. The number of aliphatic hydroxyl groups is 2. The van der Waals surface area contributed by atoms with Crippen LogP contribution < -0.4 is 0 Å². The van der Waals surface area contributed by atoms with Crippen molar-refractivity contribution >= 4 is 0 Å². The molecule has 0 bridgehead atoms. The van der Waals surface area contributed by atoms with Crippen molar-refractivity contribution in [3.05, 3.63) is 24.3 Å². The van der Waals surface area contributed by atoms with Gasteiger partial charge in [0, 0.05) is 26.3 Å². The van der Waals surface area contributed by atoms with E-state index < -0.39 is 12.2 Å². The third-order valence-electron chi connectivity index (χ3n) is 9.27. The number of unbranched alkanes of at least 4 members (excludes halogenated alkanes) is 24. The maximum absolute atomic E-state index is 10.3. The maximum atomic E-state index is 10.3. The zero-order chi connectivity index (χ0) is 35.0. The van der Waals surface area contributed by atoms with Crippen molar-refractivity contribution < 1.29 is 19.7 Å². The molecule has 2 atom stereocenters. The van der Waals surface area contributed by atoms with Crippen LogP contribution in [0, 0.1) is 0 Å². The summed E-state index contributed by atoms with van der Waals surface area (Å²) in [5.41, 5.74) is 0. The van der Waals surface area contributed by atoms with Crippen LogP contribution in [0.15, 0.2) is 24.3 Å². The second-order valence-electron chi connectivity index (χ2n) is 14.6. The summed E-state index contributed by atoms with van der Waals surface area (Å²) in [6.07, 6.45) is 45.0. The molecule has 0 aromatic heterocycles. The fourth-order valence-electron chi connectivity index (χ4n) is 6.24. The summed E-state index contributed by atoms with van der Waals surface area (Å²) in [5, 5.41) is 20.6. The molecule has 0 aliphatic carbocycles. The monoisotopic (exact) mass is 680 g/mol. The Bertz CT molecular complexity index is 601. The number of rotatable bonds is 40. The molecule has 48 heavy (non-hydrogen) atoms. The van der Waals surface area contributed by atoms with Gasteiger partial charge in [-0.15, -0.1) is 0 Å². The van der Waals surface area contributed by atoms with E-state index in [4.69, 9.17) is 9.47 Å². The molecule has 0 radical (unpaired) electrons. The van der Waals surface area contributed by atoms with Crippen LogP contribution >= 0.6 is 0 Å². The second-order valence-corrected chi connectivity index (χ2v) is 14.6. The number of hydrogen-bond donors (Lipinski definition) is 2. The Labute approximate surface area is 300 Å². The van der Waals surface area contributed by atoms with E-state index in [-0.39, 0.29) is 0 Å². The molecule has 5 heteroatoms. The summed E-state index contributed by atoms with van der Waals surface area (Å²) >= 11 is 0. The lowest BCUT2D eigenvalue weighted by Gasteiger charge is -2.23. The van der Waals surface area contributed by atoms with Crippen molar-refractivity contribution in [1.29, 1.82) is 0 Å². The minimum Gasteiger partial charge on any atom is -0.389 e. The van der Waals surface area contributed by atoms with Crippen LogP contribution in [0.3, 0.4) is 0 Å². The Morgan fingerprint density at radius 2 is 0.688 bits per heavy atom. The van der Waals surface area contributed by atoms with Gasteiger partial charge in [-0.25, -0.2) is 0 Å². The lowest BCUT2D eigenvalue weighted by atomic mass is 10.1. The molecule has 0 fully saturated rings. The predicted molar refractivity (Wildman–Crippen MR) is 210 cm³/mol. The van der Waals surface area contributed by atoms with E-state index >= 15 is 0 Å². The van der Waals surface area contributed by atoms with E-state index in [1.165, 1.54) is 167 Å². The van der Waals surface area contributed by atoms with Gasteiger partial charge in [0.15, 0.2) is 0 Å². The number of aliphatic hydroxyl groups excluding tert-OH is 2. The standard InChI is InChI=1S/C43H85NO4/c1-4-6-8-10-12-14-16-18-20-22-24-26-28-30-32-34-36-47-40-42(45)38-44(3)39-43(46)41-48-37-35-33-31-29-27-25-23-21-19-17-15-13-11-9-7-5-2/h18-21,42-43,45-46H,4-17,22-41H2,1-3H3. The Hall–Kier alpha value is -0.720. The van der Waals surface area contributed by atoms with Crippen LogP contribution in [0.5, 0.6) is 0 Å². The summed E-state index contributed by atoms with van der Waals surface area (Å²) in [4.78, 5) is 1.97. The van der Waals surface area contributed by atoms with Gasteiger partial charge in [-0.2, -0.15) is 0 Å². The quantitative estimate of drug-likeness (QED) is 0.0498. The van der Waals surface area contributed by atoms with Crippen LogP contribution in [0.2, 0.25) is 0 Å². The van der Waals surface area contributed by atoms with Gasteiger partial charge in [0.05, 0.1) is 25.4 Å². The first kappa shape index (κ1) is 47.3. The molecule has 0 rings (SSSR count). The fraction of sp³-hybridized carbons (Fsp3) is 0.907. The van der Waals surface area contributed by atoms with Crippen LogP contribution in [0.4, 0.5) is 0 Å². The van der Waals surface area contributed by atoms with Crippen molar-refractivity contribution in [2.24, 2.45) is 0 Å². The Kier molecular flexibility index (Phi) is 40.1. The molecule has 286 valence electrons.